The molecule has 1 unspecified atom stereocenters. The standard InChI is InChI=1S/C21H22N6O/c1-13-16(15-5-3-4-6-18(15)25-13)7-20(28)27-10-17(14-8-24-26(2)9-14)21-19(11-27)22-12-23-21/h3-6,8-9,12,17,25H,7,10-11H2,1-2H3,(H,22,23). The van der Waals surface area contributed by atoms with Crippen molar-refractivity contribution in [2.45, 2.75) is 25.8 Å². The number of hydrogen-bond donors (Lipinski definition) is 2. The Morgan fingerprint density at radius 2 is 2.18 bits per heavy atom. The lowest BCUT2D eigenvalue weighted by atomic mass is 9.92. The first-order valence-electron chi connectivity index (χ1n) is 9.45. The van der Waals surface area contributed by atoms with Gasteiger partial charge in [0.25, 0.3) is 0 Å². The summed E-state index contributed by atoms with van der Waals surface area (Å²) in [5.41, 5.74) is 6.30. The van der Waals surface area contributed by atoms with Gasteiger partial charge in [-0.15, -0.1) is 0 Å². The van der Waals surface area contributed by atoms with Gasteiger partial charge in [-0.25, -0.2) is 4.98 Å². The Morgan fingerprint density at radius 3 is 3.00 bits per heavy atom. The van der Waals surface area contributed by atoms with Crippen molar-refractivity contribution < 1.29 is 4.79 Å². The Labute approximate surface area is 162 Å². The van der Waals surface area contributed by atoms with Crippen LogP contribution in [-0.4, -0.2) is 42.1 Å². The first-order chi connectivity index (χ1) is 13.6. The van der Waals surface area contributed by atoms with Crippen LogP contribution in [0.25, 0.3) is 10.9 Å². The number of carbonyl (C=O) groups excluding carboxylic acids is 1. The Hall–Kier alpha value is -3.35. The SMILES string of the molecule is Cc1[nH]c2ccccc2c1CC(=O)N1Cc2[nH]cnc2C(c2cnn(C)c2)C1. The van der Waals surface area contributed by atoms with Gasteiger partial charge in [-0.2, -0.15) is 5.10 Å². The first kappa shape index (κ1) is 16.8. The van der Waals surface area contributed by atoms with E-state index in [4.69, 9.17) is 0 Å². The highest BCUT2D eigenvalue weighted by atomic mass is 16.2. The number of aromatic amines is 2. The fourth-order valence-corrected chi connectivity index (χ4v) is 4.22. The number of aryl methyl sites for hydroxylation is 2. The summed E-state index contributed by atoms with van der Waals surface area (Å²) in [6, 6.07) is 8.14. The number of para-hydroxylation sites is 1. The van der Waals surface area contributed by atoms with Gasteiger partial charge >= 0.3 is 0 Å². The third-order valence-electron chi connectivity index (χ3n) is 5.67. The van der Waals surface area contributed by atoms with Gasteiger partial charge < -0.3 is 14.9 Å². The molecule has 0 bridgehead atoms. The van der Waals surface area contributed by atoms with Crippen LogP contribution in [0, 0.1) is 6.92 Å². The number of nitrogens with one attached hydrogen (secondary N) is 2. The first-order valence-corrected chi connectivity index (χ1v) is 9.45. The third-order valence-corrected chi connectivity index (χ3v) is 5.67. The van der Waals surface area contributed by atoms with Crippen LogP contribution in [0.2, 0.25) is 0 Å². The fraction of sp³-hybridized carbons (Fsp3) is 0.286. The molecule has 28 heavy (non-hydrogen) atoms. The predicted octanol–water partition coefficient (Wildman–Crippen LogP) is 2.65. The monoisotopic (exact) mass is 374 g/mol. The van der Waals surface area contributed by atoms with Crippen LogP contribution in [0.15, 0.2) is 43.0 Å². The Bertz CT molecular complexity index is 1170. The van der Waals surface area contributed by atoms with E-state index in [2.05, 4.69) is 26.1 Å². The van der Waals surface area contributed by atoms with Gasteiger partial charge in [0, 0.05) is 47.9 Å². The van der Waals surface area contributed by atoms with Crippen molar-refractivity contribution in [3.63, 3.8) is 0 Å². The van der Waals surface area contributed by atoms with Crippen LogP contribution in [-0.2, 0) is 24.8 Å². The molecular formula is C21H22N6O. The number of nitrogens with zero attached hydrogens (tertiary/aromatic N) is 4. The van der Waals surface area contributed by atoms with Crippen molar-refractivity contribution in [2.24, 2.45) is 7.05 Å². The summed E-state index contributed by atoms with van der Waals surface area (Å²) in [4.78, 5) is 26.3. The van der Waals surface area contributed by atoms with Crippen LogP contribution >= 0.6 is 0 Å². The number of aromatic nitrogens is 5. The Balaban J connectivity index is 1.45. The van der Waals surface area contributed by atoms with Gasteiger partial charge in [-0.1, -0.05) is 18.2 Å². The van der Waals surface area contributed by atoms with Crippen molar-refractivity contribution in [3.8, 4) is 0 Å². The molecule has 0 aliphatic carbocycles. The topological polar surface area (TPSA) is 82.6 Å². The lowest BCUT2D eigenvalue weighted by molar-refractivity contribution is -0.131. The van der Waals surface area contributed by atoms with Crippen LogP contribution < -0.4 is 0 Å². The number of carbonyl (C=O) groups is 1. The molecule has 1 aromatic carbocycles. The quantitative estimate of drug-likeness (QED) is 0.578. The maximum atomic E-state index is 13.2. The fourth-order valence-electron chi connectivity index (χ4n) is 4.22. The largest absolute Gasteiger partial charge is 0.358 e. The molecule has 0 fully saturated rings. The molecule has 1 amide bonds. The highest BCUT2D eigenvalue weighted by Gasteiger charge is 2.32. The van der Waals surface area contributed by atoms with Crippen LogP contribution in [0.3, 0.4) is 0 Å². The van der Waals surface area contributed by atoms with Gasteiger partial charge in [0.1, 0.15) is 0 Å². The van der Waals surface area contributed by atoms with Crippen molar-refractivity contribution in [3.05, 3.63) is 71.2 Å². The molecule has 142 valence electrons. The Kier molecular flexibility index (Phi) is 3.82. The molecule has 0 spiro atoms. The van der Waals surface area contributed by atoms with Gasteiger partial charge in [0.15, 0.2) is 0 Å². The zero-order valence-corrected chi connectivity index (χ0v) is 15.9. The van der Waals surface area contributed by atoms with Crippen LogP contribution in [0.1, 0.15) is 34.1 Å². The molecule has 2 N–H and O–H groups in total. The average Bonchev–Trinajstić information content (AvgIpc) is 3.40. The van der Waals surface area contributed by atoms with Crippen molar-refractivity contribution >= 4 is 16.8 Å². The molecule has 0 saturated carbocycles. The number of amides is 1. The van der Waals surface area contributed by atoms with Crippen molar-refractivity contribution in [1.29, 1.82) is 0 Å². The molecule has 5 rings (SSSR count). The van der Waals surface area contributed by atoms with Gasteiger partial charge in [0.2, 0.25) is 5.91 Å². The second-order valence-electron chi connectivity index (χ2n) is 7.49. The molecule has 0 radical (unpaired) electrons. The minimum atomic E-state index is 0.0386. The molecular weight excluding hydrogens is 352 g/mol. The molecule has 1 atom stereocenters. The van der Waals surface area contributed by atoms with E-state index in [1.807, 2.05) is 49.5 Å². The second-order valence-corrected chi connectivity index (χ2v) is 7.49. The van der Waals surface area contributed by atoms with E-state index >= 15 is 0 Å². The average molecular weight is 374 g/mol. The predicted molar refractivity (Wildman–Crippen MR) is 106 cm³/mol. The minimum absolute atomic E-state index is 0.0386. The van der Waals surface area contributed by atoms with E-state index in [1.165, 1.54) is 0 Å². The van der Waals surface area contributed by atoms with Gasteiger partial charge in [0.05, 0.1) is 36.9 Å². The van der Waals surface area contributed by atoms with Crippen molar-refractivity contribution in [2.75, 3.05) is 6.54 Å². The number of imidazole rings is 1. The Morgan fingerprint density at radius 1 is 1.32 bits per heavy atom. The summed E-state index contributed by atoms with van der Waals surface area (Å²) >= 11 is 0. The summed E-state index contributed by atoms with van der Waals surface area (Å²) in [5, 5.41) is 5.42. The number of fused-ring (bicyclic) bond motifs is 2. The lowest BCUT2D eigenvalue weighted by Gasteiger charge is -2.31. The molecule has 0 saturated heterocycles. The molecule has 1 aliphatic rings. The van der Waals surface area contributed by atoms with E-state index in [1.54, 1.807) is 11.0 Å². The van der Waals surface area contributed by atoms with E-state index in [9.17, 15) is 4.79 Å². The van der Waals surface area contributed by atoms with E-state index in [0.717, 1.165) is 39.1 Å². The van der Waals surface area contributed by atoms with Gasteiger partial charge in [-0.05, 0) is 18.6 Å². The summed E-state index contributed by atoms with van der Waals surface area (Å²) < 4.78 is 1.79. The smallest absolute Gasteiger partial charge is 0.227 e. The molecule has 1 aliphatic heterocycles. The minimum Gasteiger partial charge on any atom is -0.358 e. The summed E-state index contributed by atoms with van der Waals surface area (Å²) in [7, 11) is 1.90. The van der Waals surface area contributed by atoms with E-state index in [0.29, 0.717) is 19.5 Å². The number of hydrogen-bond acceptors (Lipinski definition) is 3. The van der Waals surface area contributed by atoms with Gasteiger partial charge in [-0.3, -0.25) is 9.48 Å². The van der Waals surface area contributed by atoms with Crippen molar-refractivity contribution in [1.82, 2.24) is 29.6 Å². The van der Waals surface area contributed by atoms with Crippen LogP contribution in [0.5, 0.6) is 0 Å². The molecule has 4 heterocycles. The molecule has 7 nitrogen and oxygen atoms in total. The van der Waals surface area contributed by atoms with E-state index in [-0.39, 0.29) is 11.8 Å². The zero-order chi connectivity index (χ0) is 19.3. The normalized spacial score (nSPS) is 16.5. The summed E-state index contributed by atoms with van der Waals surface area (Å²) in [6.45, 7) is 3.21. The highest BCUT2D eigenvalue weighted by molar-refractivity contribution is 5.90. The lowest BCUT2D eigenvalue weighted by Crippen LogP contribution is -2.39. The maximum absolute atomic E-state index is 13.2. The molecule has 3 aromatic heterocycles. The van der Waals surface area contributed by atoms with Crippen LogP contribution in [0.4, 0.5) is 0 Å². The second kappa shape index (κ2) is 6.37. The number of H-pyrrole nitrogens is 2. The molecule has 4 aromatic rings. The maximum Gasteiger partial charge on any atom is 0.227 e. The molecule has 7 heteroatoms. The summed E-state index contributed by atoms with van der Waals surface area (Å²) in [5.74, 6) is 0.165. The summed E-state index contributed by atoms with van der Waals surface area (Å²) in [6.07, 6.45) is 5.97. The zero-order valence-electron chi connectivity index (χ0n) is 15.9. The number of rotatable bonds is 3. The third kappa shape index (κ3) is 2.70. The van der Waals surface area contributed by atoms with E-state index < -0.39 is 0 Å². The number of benzene rings is 1. The highest BCUT2D eigenvalue weighted by Crippen LogP contribution is 2.32.